The van der Waals surface area contributed by atoms with Gasteiger partial charge in [0.15, 0.2) is 0 Å². The number of nitrogen functional groups attached to an aromatic ring is 1. The molecule has 0 aliphatic carbocycles. The molecule has 0 saturated carbocycles. The normalized spacial score (nSPS) is 23.2. The molecule has 0 unspecified atom stereocenters. The number of anilines is 2. The average molecular weight is 431 g/mol. The number of aromatic nitrogens is 4. The third-order valence-electron chi connectivity index (χ3n) is 6.69. The lowest BCUT2D eigenvalue weighted by molar-refractivity contribution is -0.0203. The summed E-state index contributed by atoms with van der Waals surface area (Å²) in [5, 5.41) is 12.6. The number of benzene rings is 1. The standard InChI is InChI=1S/C24H26N6O2/c25-23-17-8-11-30(24(17)27-14-26-23)22-13-19(31)20(32-22)6-3-15-2-4-16-5-7-21(28-18(16)12-15)29-9-1-10-29/h2,4-5,7-8,11-12,14,19-20,22,31H,1,3,6,9-10,13H2,(H2,25,26,27)/t19-,20+,22+/m0/s1. The van der Waals surface area contributed by atoms with Crippen LogP contribution in [0.4, 0.5) is 11.6 Å². The van der Waals surface area contributed by atoms with Crippen LogP contribution in [0.25, 0.3) is 21.9 Å². The van der Waals surface area contributed by atoms with Crippen LogP contribution < -0.4 is 10.6 Å². The Hall–Kier alpha value is -3.23. The zero-order valence-corrected chi connectivity index (χ0v) is 17.8. The molecule has 164 valence electrons. The first-order valence-electron chi connectivity index (χ1n) is 11.2. The number of fused-ring (bicyclic) bond motifs is 2. The summed E-state index contributed by atoms with van der Waals surface area (Å²) < 4.78 is 8.18. The van der Waals surface area contributed by atoms with E-state index in [9.17, 15) is 5.11 Å². The van der Waals surface area contributed by atoms with Gasteiger partial charge in [0.25, 0.3) is 0 Å². The number of ether oxygens (including phenoxy) is 1. The van der Waals surface area contributed by atoms with E-state index in [0.29, 0.717) is 12.2 Å². The van der Waals surface area contributed by atoms with E-state index in [1.165, 1.54) is 18.3 Å². The lowest BCUT2D eigenvalue weighted by Gasteiger charge is -2.32. The van der Waals surface area contributed by atoms with Crippen molar-refractivity contribution >= 4 is 33.6 Å². The first kappa shape index (κ1) is 19.5. The van der Waals surface area contributed by atoms with Gasteiger partial charge in [-0.3, -0.25) is 0 Å². The van der Waals surface area contributed by atoms with Crippen molar-refractivity contribution < 1.29 is 9.84 Å². The Morgan fingerprint density at radius 2 is 2.00 bits per heavy atom. The van der Waals surface area contributed by atoms with E-state index in [1.807, 2.05) is 16.8 Å². The van der Waals surface area contributed by atoms with Gasteiger partial charge in [0, 0.05) is 31.1 Å². The highest BCUT2D eigenvalue weighted by atomic mass is 16.5. The molecule has 0 radical (unpaired) electrons. The molecule has 2 aliphatic heterocycles. The van der Waals surface area contributed by atoms with Crippen LogP contribution in [-0.2, 0) is 11.2 Å². The number of nitrogens with zero attached hydrogens (tertiary/aromatic N) is 5. The minimum absolute atomic E-state index is 0.229. The summed E-state index contributed by atoms with van der Waals surface area (Å²) in [4.78, 5) is 15.5. The maximum Gasteiger partial charge on any atom is 0.147 e. The molecule has 0 bridgehead atoms. The number of aliphatic hydroxyl groups is 1. The fourth-order valence-corrected chi connectivity index (χ4v) is 4.71. The predicted molar refractivity (Wildman–Crippen MR) is 123 cm³/mol. The molecule has 2 aliphatic rings. The highest BCUT2D eigenvalue weighted by molar-refractivity contribution is 5.86. The summed E-state index contributed by atoms with van der Waals surface area (Å²) in [6.07, 6.45) is 5.67. The highest BCUT2D eigenvalue weighted by Gasteiger charge is 2.35. The number of aliphatic hydroxyl groups excluding tert-OH is 1. The molecule has 2 fully saturated rings. The molecular weight excluding hydrogens is 404 g/mol. The number of nitrogens with two attached hydrogens (primary N) is 1. The largest absolute Gasteiger partial charge is 0.390 e. The van der Waals surface area contributed by atoms with Crippen molar-refractivity contribution in [2.24, 2.45) is 0 Å². The van der Waals surface area contributed by atoms with Crippen LogP contribution in [-0.4, -0.2) is 49.9 Å². The van der Waals surface area contributed by atoms with Crippen molar-refractivity contribution in [2.75, 3.05) is 23.7 Å². The highest BCUT2D eigenvalue weighted by Crippen LogP contribution is 2.34. The lowest BCUT2D eigenvalue weighted by Crippen LogP contribution is -2.37. The minimum atomic E-state index is -0.520. The maximum atomic E-state index is 10.7. The molecule has 3 N–H and O–H groups in total. The fraction of sp³-hybridized carbons (Fsp3) is 0.375. The molecule has 0 amide bonds. The monoisotopic (exact) mass is 430 g/mol. The van der Waals surface area contributed by atoms with Gasteiger partial charge in [-0.2, -0.15) is 0 Å². The summed E-state index contributed by atoms with van der Waals surface area (Å²) in [5.41, 5.74) is 8.91. The van der Waals surface area contributed by atoms with Crippen molar-refractivity contribution in [1.82, 2.24) is 19.5 Å². The second-order valence-corrected chi connectivity index (χ2v) is 8.73. The van der Waals surface area contributed by atoms with E-state index in [0.717, 1.165) is 53.7 Å². The second kappa shape index (κ2) is 7.72. The van der Waals surface area contributed by atoms with Gasteiger partial charge < -0.3 is 25.0 Å². The lowest BCUT2D eigenvalue weighted by atomic mass is 10.0. The number of hydrogen-bond acceptors (Lipinski definition) is 7. The first-order chi connectivity index (χ1) is 15.7. The van der Waals surface area contributed by atoms with Crippen molar-refractivity contribution in [1.29, 1.82) is 0 Å². The van der Waals surface area contributed by atoms with E-state index < -0.39 is 6.10 Å². The summed E-state index contributed by atoms with van der Waals surface area (Å²) in [7, 11) is 0. The molecule has 5 heterocycles. The van der Waals surface area contributed by atoms with Gasteiger partial charge in [-0.05, 0) is 49.1 Å². The van der Waals surface area contributed by atoms with Gasteiger partial charge in [-0.15, -0.1) is 0 Å². The molecule has 8 heteroatoms. The number of rotatable bonds is 5. The number of pyridine rings is 1. The molecule has 3 aromatic heterocycles. The topological polar surface area (TPSA) is 102 Å². The maximum absolute atomic E-state index is 10.7. The van der Waals surface area contributed by atoms with Gasteiger partial charge in [0.05, 0.1) is 23.1 Å². The Balaban J connectivity index is 1.16. The Kier molecular flexibility index (Phi) is 4.69. The molecule has 4 aromatic rings. The van der Waals surface area contributed by atoms with Crippen molar-refractivity contribution in [2.45, 2.75) is 44.1 Å². The number of hydrogen-bond donors (Lipinski definition) is 2. The SMILES string of the molecule is Nc1ncnc2c1ccn2[C@H]1C[C@H](O)[C@@H](CCc2ccc3ccc(N4CCC4)nc3c2)O1. The molecule has 8 nitrogen and oxygen atoms in total. The third-order valence-corrected chi connectivity index (χ3v) is 6.69. The second-order valence-electron chi connectivity index (χ2n) is 8.73. The molecule has 6 rings (SSSR count). The van der Waals surface area contributed by atoms with Crippen LogP contribution in [0.3, 0.4) is 0 Å². The van der Waals surface area contributed by atoms with Gasteiger partial charge in [-0.1, -0.05) is 12.1 Å². The Labute approximate surface area is 185 Å². The van der Waals surface area contributed by atoms with Crippen LogP contribution in [0.1, 0.15) is 31.1 Å². The quantitative estimate of drug-likeness (QED) is 0.502. The number of aryl methyl sites for hydroxylation is 1. The average Bonchev–Trinajstić information content (AvgIpc) is 3.35. The Morgan fingerprint density at radius 3 is 2.84 bits per heavy atom. The summed E-state index contributed by atoms with van der Waals surface area (Å²) >= 11 is 0. The fourth-order valence-electron chi connectivity index (χ4n) is 4.71. The minimum Gasteiger partial charge on any atom is -0.390 e. The van der Waals surface area contributed by atoms with Crippen LogP contribution in [0, 0.1) is 0 Å². The molecule has 32 heavy (non-hydrogen) atoms. The smallest absolute Gasteiger partial charge is 0.147 e. The Morgan fingerprint density at radius 1 is 1.12 bits per heavy atom. The first-order valence-corrected chi connectivity index (χ1v) is 11.2. The zero-order chi connectivity index (χ0) is 21.7. The molecular formula is C24H26N6O2. The van der Waals surface area contributed by atoms with Gasteiger partial charge in [-0.25, -0.2) is 15.0 Å². The molecule has 3 atom stereocenters. The van der Waals surface area contributed by atoms with Crippen LogP contribution >= 0.6 is 0 Å². The van der Waals surface area contributed by atoms with Crippen molar-refractivity contribution in [3.05, 3.63) is 54.5 Å². The van der Waals surface area contributed by atoms with E-state index in [1.54, 1.807) is 0 Å². The van der Waals surface area contributed by atoms with Gasteiger partial charge in [0.2, 0.25) is 0 Å². The Bertz CT molecular complexity index is 1280. The van der Waals surface area contributed by atoms with Crippen LogP contribution in [0.2, 0.25) is 0 Å². The van der Waals surface area contributed by atoms with Crippen molar-refractivity contribution in [3.63, 3.8) is 0 Å². The zero-order valence-electron chi connectivity index (χ0n) is 17.8. The molecule has 2 saturated heterocycles. The van der Waals surface area contributed by atoms with Gasteiger partial charge >= 0.3 is 0 Å². The van der Waals surface area contributed by atoms with E-state index in [-0.39, 0.29) is 12.3 Å². The van der Waals surface area contributed by atoms with Crippen LogP contribution in [0.15, 0.2) is 48.9 Å². The van der Waals surface area contributed by atoms with Crippen LogP contribution in [0.5, 0.6) is 0 Å². The summed E-state index contributed by atoms with van der Waals surface area (Å²) in [6.45, 7) is 2.18. The summed E-state index contributed by atoms with van der Waals surface area (Å²) in [6, 6.07) is 12.6. The molecule has 1 aromatic carbocycles. The van der Waals surface area contributed by atoms with E-state index >= 15 is 0 Å². The van der Waals surface area contributed by atoms with Gasteiger partial charge in [0.1, 0.15) is 29.8 Å². The van der Waals surface area contributed by atoms with E-state index in [4.69, 9.17) is 15.5 Å². The predicted octanol–water partition coefficient (Wildman–Crippen LogP) is 3.05. The van der Waals surface area contributed by atoms with Crippen molar-refractivity contribution in [3.8, 4) is 0 Å². The summed E-state index contributed by atoms with van der Waals surface area (Å²) in [5.74, 6) is 1.51. The van der Waals surface area contributed by atoms with E-state index in [2.05, 4.69) is 45.2 Å². The third kappa shape index (κ3) is 3.36. The molecule has 0 spiro atoms.